The zero-order valence-electron chi connectivity index (χ0n) is 23.7. The van der Waals surface area contributed by atoms with Gasteiger partial charge in [-0.15, -0.1) is 0 Å². The molecule has 218 valence electrons. The van der Waals surface area contributed by atoms with Gasteiger partial charge in [0.15, 0.2) is 5.82 Å². The number of carbonyl (C=O) groups is 2. The third-order valence-corrected chi connectivity index (χ3v) is 6.71. The number of methoxy groups -OCH3 is 1. The topological polar surface area (TPSA) is 103 Å². The first kappa shape index (κ1) is 29.7. The molecule has 10 nitrogen and oxygen atoms in total. The third kappa shape index (κ3) is 7.26. The number of hydrogen-bond donors (Lipinski definition) is 2. The van der Waals surface area contributed by atoms with Gasteiger partial charge in [-0.25, -0.2) is 4.98 Å². The van der Waals surface area contributed by atoms with Crippen LogP contribution in [0.1, 0.15) is 22.3 Å². The van der Waals surface area contributed by atoms with Crippen molar-refractivity contribution in [3.8, 4) is 5.75 Å². The summed E-state index contributed by atoms with van der Waals surface area (Å²) in [6, 6.07) is 14.4. The minimum Gasteiger partial charge on any atom is -0.495 e. The van der Waals surface area contributed by atoms with E-state index in [1.54, 1.807) is 18.2 Å². The zero-order valence-corrected chi connectivity index (χ0v) is 23.7. The highest BCUT2D eigenvalue weighted by molar-refractivity contribution is 6.02. The summed E-state index contributed by atoms with van der Waals surface area (Å²) in [7, 11) is 6.72. The number of hydrogen-bond acceptors (Lipinski definition) is 8. The Balaban J connectivity index is 1.57. The van der Waals surface area contributed by atoms with E-state index < -0.39 is 18.4 Å². The molecule has 1 aliphatic rings. The number of fused-ring (bicyclic) bond motifs is 1. The van der Waals surface area contributed by atoms with Gasteiger partial charge in [-0.05, 0) is 57.2 Å². The van der Waals surface area contributed by atoms with Crippen molar-refractivity contribution in [2.45, 2.75) is 18.8 Å². The van der Waals surface area contributed by atoms with Crippen LogP contribution < -0.4 is 25.2 Å². The van der Waals surface area contributed by atoms with Gasteiger partial charge in [0.2, 0.25) is 5.95 Å². The van der Waals surface area contributed by atoms with Crippen molar-refractivity contribution < 1.29 is 23.1 Å². The van der Waals surface area contributed by atoms with E-state index >= 15 is 0 Å². The average Bonchev–Trinajstić information content (AvgIpc) is 3.03. The molecular weight excluding hydrogens is 532 g/mol. The predicted octanol–water partition coefficient (Wildman–Crippen LogP) is 3.57. The Hall–Kier alpha value is -4.32. The molecule has 41 heavy (non-hydrogen) atoms. The number of nitrogens with one attached hydrogen (secondary N) is 2. The second-order valence-electron chi connectivity index (χ2n) is 10.1. The highest BCUT2D eigenvalue weighted by Gasteiger charge is 2.47. The van der Waals surface area contributed by atoms with Crippen molar-refractivity contribution in [2.24, 2.45) is 0 Å². The number of amides is 2. The van der Waals surface area contributed by atoms with Crippen LogP contribution in [0.5, 0.6) is 5.75 Å². The van der Waals surface area contributed by atoms with Gasteiger partial charge in [0, 0.05) is 25.7 Å². The molecule has 0 aliphatic carbocycles. The molecule has 1 aromatic heterocycles. The van der Waals surface area contributed by atoms with Crippen LogP contribution in [-0.4, -0.2) is 87.0 Å². The monoisotopic (exact) mass is 567 g/mol. The number of alkyl halides is 2. The van der Waals surface area contributed by atoms with Crippen LogP contribution in [-0.2, 0) is 11.2 Å². The molecule has 2 heterocycles. The Bertz CT molecular complexity index is 1370. The fraction of sp³-hybridized carbons (Fsp3) is 0.379. The summed E-state index contributed by atoms with van der Waals surface area (Å²) in [5.74, 6) is -4.44. The third-order valence-electron chi connectivity index (χ3n) is 6.71. The molecule has 0 bridgehead atoms. The van der Waals surface area contributed by atoms with Crippen molar-refractivity contribution >= 4 is 35.0 Å². The van der Waals surface area contributed by atoms with Crippen LogP contribution in [0.2, 0.25) is 0 Å². The molecule has 0 radical (unpaired) electrons. The second-order valence-corrected chi connectivity index (χ2v) is 10.1. The summed E-state index contributed by atoms with van der Waals surface area (Å²) in [5, 5.41) is 5.96. The minimum absolute atomic E-state index is 0.124. The largest absolute Gasteiger partial charge is 0.495 e. The van der Waals surface area contributed by atoms with Crippen LogP contribution >= 0.6 is 0 Å². The second kappa shape index (κ2) is 12.9. The number of carbonyl (C=O) groups excluding carboxylic acids is 2. The first-order chi connectivity index (χ1) is 19.6. The van der Waals surface area contributed by atoms with E-state index in [-0.39, 0.29) is 29.9 Å². The summed E-state index contributed by atoms with van der Waals surface area (Å²) in [6.45, 7) is 0.803. The maximum atomic E-state index is 14.9. The Labute approximate surface area is 238 Å². The van der Waals surface area contributed by atoms with Crippen molar-refractivity contribution in [1.29, 1.82) is 0 Å². The minimum atomic E-state index is -3.61. The zero-order chi connectivity index (χ0) is 29.6. The average molecular weight is 568 g/mol. The molecule has 0 spiro atoms. The summed E-state index contributed by atoms with van der Waals surface area (Å²) >= 11 is 0. The van der Waals surface area contributed by atoms with Gasteiger partial charge in [0.05, 0.1) is 25.5 Å². The van der Waals surface area contributed by atoms with Gasteiger partial charge in [0.1, 0.15) is 11.4 Å². The van der Waals surface area contributed by atoms with Gasteiger partial charge in [-0.2, -0.15) is 13.8 Å². The van der Waals surface area contributed by atoms with Gasteiger partial charge in [0.25, 0.3) is 11.8 Å². The molecule has 12 heteroatoms. The van der Waals surface area contributed by atoms with Crippen LogP contribution in [0.3, 0.4) is 0 Å². The van der Waals surface area contributed by atoms with Crippen LogP contribution in [0.25, 0.3) is 0 Å². The maximum absolute atomic E-state index is 14.9. The summed E-state index contributed by atoms with van der Waals surface area (Å²) in [4.78, 5) is 38.3. The molecule has 0 saturated carbocycles. The molecule has 0 unspecified atom stereocenters. The lowest BCUT2D eigenvalue weighted by Gasteiger charge is -2.25. The number of anilines is 4. The van der Waals surface area contributed by atoms with Gasteiger partial charge >= 0.3 is 5.92 Å². The molecule has 2 aromatic carbocycles. The van der Waals surface area contributed by atoms with Gasteiger partial charge in [-0.3, -0.25) is 9.59 Å². The molecule has 2 amide bonds. The SMILES string of the molecule is COc1cc(C(=O)NCCCN(C)C)ccc1Nc1ncc2c(n1)N(CCc1ccccc1)CC(F)(F)C(=O)N2C. The lowest BCUT2D eigenvalue weighted by Crippen LogP contribution is -2.46. The Kier molecular flexibility index (Phi) is 9.33. The molecule has 3 aromatic rings. The van der Waals surface area contributed by atoms with E-state index in [9.17, 15) is 18.4 Å². The molecule has 2 N–H and O–H groups in total. The van der Waals surface area contributed by atoms with E-state index in [0.29, 0.717) is 30.0 Å². The number of nitrogens with zero attached hydrogens (tertiary/aromatic N) is 5. The smallest absolute Gasteiger partial charge is 0.342 e. The van der Waals surface area contributed by atoms with E-state index in [1.165, 1.54) is 25.3 Å². The summed E-state index contributed by atoms with van der Waals surface area (Å²) in [5.41, 5.74) is 2.06. The van der Waals surface area contributed by atoms with Crippen molar-refractivity contribution in [2.75, 3.05) is 69.5 Å². The van der Waals surface area contributed by atoms with E-state index in [2.05, 4.69) is 20.6 Å². The standard InChI is InChI=1S/C29H35F2N7O3/c1-36(2)15-8-14-32-26(39)21-11-12-22(24(17-21)41-4)34-28-33-18-23-25(35-28)38(16-13-20-9-6-5-7-10-20)19-29(30,31)27(40)37(23)3/h5-7,9-12,17-18H,8,13-16,19H2,1-4H3,(H,32,39)(H,33,34,35). The van der Waals surface area contributed by atoms with E-state index in [4.69, 9.17) is 4.74 Å². The van der Waals surface area contributed by atoms with Gasteiger partial charge in [-0.1, -0.05) is 30.3 Å². The first-order valence-electron chi connectivity index (χ1n) is 13.3. The molecular formula is C29H35F2N7O3. The number of benzene rings is 2. The summed E-state index contributed by atoms with van der Waals surface area (Å²) < 4.78 is 35.3. The fourth-order valence-corrected chi connectivity index (χ4v) is 4.48. The Morgan fingerprint density at radius 2 is 1.93 bits per heavy atom. The number of ether oxygens (including phenoxy) is 1. The normalized spacial score (nSPS) is 14.5. The summed E-state index contributed by atoms with van der Waals surface area (Å²) in [6.07, 6.45) is 2.65. The van der Waals surface area contributed by atoms with Gasteiger partial charge < -0.3 is 30.1 Å². The predicted molar refractivity (Wildman–Crippen MR) is 155 cm³/mol. The van der Waals surface area contributed by atoms with E-state index in [0.717, 1.165) is 23.4 Å². The quantitative estimate of drug-likeness (QED) is 0.339. The van der Waals surface area contributed by atoms with Crippen molar-refractivity contribution in [3.05, 3.63) is 65.9 Å². The van der Waals surface area contributed by atoms with Crippen molar-refractivity contribution in [1.82, 2.24) is 20.2 Å². The van der Waals surface area contributed by atoms with E-state index in [1.807, 2.05) is 49.3 Å². The number of halogens is 2. The molecule has 4 rings (SSSR count). The van der Waals surface area contributed by atoms with Crippen molar-refractivity contribution in [3.63, 3.8) is 0 Å². The highest BCUT2D eigenvalue weighted by atomic mass is 19.3. The molecule has 0 atom stereocenters. The highest BCUT2D eigenvalue weighted by Crippen LogP contribution is 2.36. The van der Waals surface area contributed by atoms with Crippen LogP contribution in [0.4, 0.5) is 31.9 Å². The lowest BCUT2D eigenvalue weighted by atomic mass is 10.1. The van der Waals surface area contributed by atoms with Crippen LogP contribution in [0, 0.1) is 0 Å². The Morgan fingerprint density at radius 1 is 1.17 bits per heavy atom. The molecule has 0 saturated heterocycles. The van der Waals surface area contributed by atoms with Crippen LogP contribution in [0.15, 0.2) is 54.7 Å². The molecule has 0 fully saturated rings. The molecule has 1 aliphatic heterocycles. The lowest BCUT2D eigenvalue weighted by molar-refractivity contribution is -0.140. The number of aromatic nitrogens is 2. The fourth-order valence-electron chi connectivity index (χ4n) is 4.48. The number of rotatable bonds is 11. The first-order valence-corrected chi connectivity index (χ1v) is 13.3. The Morgan fingerprint density at radius 3 is 2.63 bits per heavy atom. The maximum Gasteiger partial charge on any atom is 0.342 e.